The van der Waals surface area contributed by atoms with E-state index in [2.05, 4.69) is 106 Å². The summed E-state index contributed by atoms with van der Waals surface area (Å²) in [5.74, 6) is 0. The second-order valence-corrected chi connectivity index (χ2v) is 10.2. The summed E-state index contributed by atoms with van der Waals surface area (Å²) in [5.41, 5.74) is 5.61. The first-order valence-corrected chi connectivity index (χ1v) is 8.34. The predicted molar refractivity (Wildman–Crippen MR) is 98.2 cm³/mol. The standard InChI is InChI=1S/C17H10I2/c18-17(19)15-8-4-3-7-13(15)14-9-11-5-1-2-6-12(11)10-16(14)17/h1-10H. The van der Waals surface area contributed by atoms with Crippen LogP contribution in [0.4, 0.5) is 0 Å². The summed E-state index contributed by atoms with van der Waals surface area (Å²) in [4.78, 5) is 0. The van der Waals surface area contributed by atoms with Crippen molar-refractivity contribution in [1.82, 2.24) is 0 Å². The molecule has 0 bridgehead atoms. The first-order valence-electron chi connectivity index (χ1n) is 6.19. The third kappa shape index (κ3) is 1.69. The third-order valence-corrected chi connectivity index (χ3v) is 6.10. The van der Waals surface area contributed by atoms with Gasteiger partial charge in [0.15, 0.2) is 0 Å². The molecule has 0 fully saturated rings. The van der Waals surface area contributed by atoms with Crippen molar-refractivity contribution in [3.8, 4) is 11.1 Å². The van der Waals surface area contributed by atoms with E-state index in [1.807, 2.05) is 0 Å². The molecular formula is C17H10I2. The lowest BCUT2D eigenvalue weighted by Gasteiger charge is -2.17. The maximum absolute atomic E-state index is 2.57. The zero-order valence-electron chi connectivity index (χ0n) is 10.0. The fourth-order valence-corrected chi connectivity index (χ4v) is 4.69. The fraction of sp³-hybridized carbons (Fsp3) is 0.0588. The lowest BCUT2D eigenvalue weighted by Crippen LogP contribution is -2.05. The van der Waals surface area contributed by atoms with Crippen LogP contribution in [0.25, 0.3) is 21.9 Å². The minimum absolute atomic E-state index is 0.0471. The molecule has 0 nitrogen and oxygen atoms in total. The molecule has 0 saturated carbocycles. The average Bonchev–Trinajstić information content (AvgIpc) is 2.66. The molecular weight excluding hydrogens is 458 g/mol. The van der Waals surface area contributed by atoms with E-state index < -0.39 is 0 Å². The van der Waals surface area contributed by atoms with Crippen LogP contribution < -0.4 is 0 Å². The Morgan fingerprint density at radius 1 is 0.632 bits per heavy atom. The smallest absolute Gasteiger partial charge is 0.0619 e. The summed E-state index contributed by atoms with van der Waals surface area (Å²) in [6.45, 7) is 0. The summed E-state index contributed by atoms with van der Waals surface area (Å²) >= 11 is 5.14. The molecule has 19 heavy (non-hydrogen) atoms. The number of hydrogen-bond acceptors (Lipinski definition) is 0. The molecule has 2 heteroatoms. The quantitative estimate of drug-likeness (QED) is 0.285. The molecule has 1 aliphatic carbocycles. The Morgan fingerprint density at radius 3 is 2.05 bits per heavy atom. The molecule has 0 heterocycles. The molecule has 0 aliphatic heterocycles. The number of benzene rings is 3. The predicted octanol–water partition coefficient (Wildman–Crippen LogP) is 5.89. The van der Waals surface area contributed by atoms with Crippen LogP contribution in [-0.2, 0) is 1.43 Å². The van der Waals surface area contributed by atoms with Gasteiger partial charge in [-0.25, -0.2) is 0 Å². The molecule has 0 radical (unpaired) electrons. The second kappa shape index (κ2) is 4.19. The minimum atomic E-state index is 0.0471. The van der Waals surface area contributed by atoms with E-state index in [1.165, 1.54) is 33.0 Å². The molecule has 0 spiro atoms. The van der Waals surface area contributed by atoms with Gasteiger partial charge in [0.2, 0.25) is 0 Å². The molecule has 0 N–H and O–H groups in total. The first-order chi connectivity index (χ1) is 9.18. The summed E-state index contributed by atoms with van der Waals surface area (Å²) in [7, 11) is 0. The largest absolute Gasteiger partial charge is 0.124 e. The van der Waals surface area contributed by atoms with Gasteiger partial charge in [-0.2, -0.15) is 0 Å². The van der Waals surface area contributed by atoms with Crippen molar-refractivity contribution < 1.29 is 0 Å². The Bertz CT molecular complexity index is 803. The molecule has 0 amide bonds. The van der Waals surface area contributed by atoms with Crippen molar-refractivity contribution in [2.45, 2.75) is 1.43 Å². The van der Waals surface area contributed by atoms with Crippen molar-refractivity contribution in [2.75, 3.05) is 0 Å². The number of halogens is 2. The SMILES string of the molecule is IC1(I)c2ccccc2-c2cc3ccccc3cc21. The Hall–Kier alpha value is -0.620. The monoisotopic (exact) mass is 468 g/mol. The Morgan fingerprint density at radius 2 is 1.26 bits per heavy atom. The normalized spacial score (nSPS) is 15.3. The lowest BCUT2D eigenvalue weighted by atomic mass is 10.0. The zero-order valence-corrected chi connectivity index (χ0v) is 14.3. The van der Waals surface area contributed by atoms with Gasteiger partial charge in [0.05, 0.1) is 0 Å². The van der Waals surface area contributed by atoms with Gasteiger partial charge in [-0.15, -0.1) is 0 Å². The van der Waals surface area contributed by atoms with Gasteiger partial charge in [0, 0.05) is 0 Å². The van der Waals surface area contributed by atoms with E-state index in [-0.39, 0.29) is 1.43 Å². The fourth-order valence-electron chi connectivity index (χ4n) is 2.86. The van der Waals surface area contributed by atoms with Crippen molar-refractivity contribution in [3.05, 3.63) is 71.8 Å². The highest BCUT2D eigenvalue weighted by atomic mass is 127. The molecule has 0 saturated heterocycles. The van der Waals surface area contributed by atoms with E-state index in [0.29, 0.717) is 0 Å². The van der Waals surface area contributed by atoms with E-state index in [0.717, 1.165) is 0 Å². The van der Waals surface area contributed by atoms with Gasteiger partial charge < -0.3 is 0 Å². The maximum Gasteiger partial charge on any atom is 0.124 e. The lowest BCUT2D eigenvalue weighted by molar-refractivity contribution is 1.24. The summed E-state index contributed by atoms with van der Waals surface area (Å²) in [6, 6.07) is 22.0. The molecule has 3 aromatic rings. The van der Waals surface area contributed by atoms with Gasteiger partial charge in [0.1, 0.15) is 1.43 Å². The van der Waals surface area contributed by atoms with E-state index in [1.54, 1.807) is 0 Å². The van der Waals surface area contributed by atoms with Crippen molar-refractivity contribution >= 4 is 56.0 Å². The zero-order chi connectivity index (χ0) is 13.0. The summed E-state index contributed by atoms with van der Waals surface area (Å²) in [5, 5.41) is 2.65. The number of fused-ring (bicyclic) bond motifs is 4. The molecule has 0 unspecified atom stereocenters. The van der Waals surface area contributed by atoms with Crippen LogP contribution >= 0.6 is 45.2 Å². The molecule has 3 aromatic carbocycles. The van der Waals surface area contributed by atoms with Gasteiger partial charge in [-0.3, -0.25) is 0 Å². The van der Waals surface area contributed by atoms with Gasteiger partial charge >= 0.3 is 0 Å². The molecule has 0 aromatic heterocycles. The minimum Gasteiger partial charge on any atom is -0.0619 e. The first kappa shape index (κ1) is 12.1. The van der Waals surface area contributed by atoms with E-state index in [9.17, 15) is 0 Å². The van der Waals surface area contributed by atoms with Crippen LogP contribution in [0.15, 0.2) is 60.7 Å². The van der Waals surface area contributed by atoms with Crippen LogP contribution in [0.5, 0.6) is 0 Å². The number of rotatable bonds is 0. The van der Waals surface area contributed by atoms with Gasteiger partial charge in [0.25, 0.3) is 0 Å². The van der Waals surface area contributed by atoms with Crippen LogP contribution in [0, 0.1) is 0 Å². The number of hydrogen-bond donors (Lipinski definition) is 0. The van der Waals surface area contributed by atoms with Crippen LogP contribution in [0.3, 0.4) is 0 Å². The highest BCUT2D eigenvalue weighted by molar-refractivity contribution is 14.2. The van der Waals surface area contributed by atoms with Crippen molar-refractivity contribution in [1.29, 1.82) is 0 Å². The molecule has 92 valence electrons. The third-order valence-electron chi connectivity index (χ3n) is 3.78. The topological polar surface area (TPSA) is 0 Å². The van der Waals surface area contributed by atoms with Crippen molar-refractivity contribution in [3.63, 3.8) is 0 Å². The van der Waals surface area contributed by atoms with E-state index >= 15 is 0 Å². The van der Waals surface area contributed by atoms with Crippen LogP contribution in [0.1, 0.15) is 11.1 Å². The van der Waals surface area contributed by atoms with Gasteiger partial charge in [-0.1, -0.05) is 93.7 Å². The average molecular weight is 468 g/mol. The Kier molecular flexibility index (Phi) is 2.68. The summed E-state index contributed by atoms with van der Waals surface area (Å²) < 4.78 is 0.0471. The highest BCUT2D eigenvalue weighted by Gasteiger charge is 2.38. The molecule has 0 atom stereocenters. The van der Waals surface area contributed by atoms with Crippen LogP contribution in [-0.4, -0.2) is 0 Å². The van der Waals surface area contributed by atoms with Crippen LogP contribution in [0.2, 0.25) is 0 Å². The molecule has 1 aliphatic rings. The Labute approximate surface area is 139 Å². The van der Waals surface area contributed by atoms with Crippen molar-refractivity contribution in [2.24, 2.45) is 0 Å². The number of alkyl halides is 2. The highest BCUT2D eigenvalue weighted by Crippen LogP contribution is 2.57. The Balaban J connectivity index is 2.15. The summed E-state index contributed by atoms with van der Waals surface area (Å²) in [6.07, 6.45) is 0. The maximum atomic E-state index is 2.57. The molecule has 4 rings (SSSR count). The van der Waals surface area contributed by atoms with Gasteiger partial charge in [-0.05, 0) is 45.2 Å². The van der Waals surface area contributed by atoms with E-state index in [4.69, 9.17) is 0 Å². The second-order valence-electron chi connectivity index (χ2n) is 4.86.